The van der Waals surface area contributed by atoms with E-state index in [2.05, 4.69) is 5.48 Å². The molecule has 2 aromatic carbocycles. The third kappa shape index (κ3) is 0.981. The van der Waals surface area contributed by atoms with Gasteiger partial charge in [0.25, 0.3) is 0 Å². The zero-order chi connectivity index (χ0) is 9.54. The number of benzene rings is 2. The molecule has 1 atom stereocenters. The fourth-order valence-electron chi connectivity index (χ4n) is 1.66. The van der Waals surface area contributed by atoms with Crippen LogP contribution < -0.4 is 5.48 Å². The lowest BCUT2D eigenvalue weighted by atomic mass is 10.1. The van der Waals surface area contributed by atoms with Crippen molar-refractivity contribution in [3.63, 3.8) is 0 Å². The van der Waals surface area contributed by atoms with Crippen molar-refractivity contribution in [2.24, 2.45) is 0 Å². The topological polar surface area (TPSA) is 38.3 Å². The molecular weight excluding hydrogens is 198 g/mol. The van der Waals surface area contributed by atoms with Crippen LogP contribution in [0.2, 0.25) is 0 Å². The number of hydrogen-bond acceptors (Lipinski definition) is 3. The van der Waals surface area contributed by atoms with Gasteiger partial charge in [0.1, 0.15) is 0 Å². The SMILES string of the molecule is O=S1ONc2cccc3cccc1c23. The molecule has 1 aliphatic rings. The van der Waals surface area contributed by atoms with E-state index in [-0.39, 0.29) is 0 Å². The van der Waals surface area contributed by atoms with Crippen molar-refractivity contribution in [3.05, 3.63) is 36.4 Å². The van der Waals surface area contributed by atoms with E-state index in [9.17, 15) is 4.21 Å². The Kier molecular flexibility index (Phi) is 1.59. The molecule has 0 amide bonds. The Morgan fingerprint density at radius 3 is 2.79 bits per heavy atom. The third-order valence-corrected chi connectivity index (χ3v) is 3.21. The van der Waals surface area contributed by atoms with E-state index in [1.807, 2.05) is 36.4 Å². The molecule has 0 fully saturated rings. The predicted molar refractivity (Wildman–Crippen MR) is 55.1 cm³/mol. The normalized spacial score (nSPS) is 19.3. The first-order valence-electron chi connectivity index (χ1n) is 4.23. The van der Waals surface area contributed by atoms with Crippen LogP contribution in [0, 0.1) is 0 Å². The molecule has 0 bridgehead atoms. The largest absolute Gasteiger partial charge is 0.250 e. The van der Waals surface area contributed by atoms with Gasteiger partial charge in [-0.15, -0.1) is 0 Å². The maximum Gasteiger partial charge on any atom is 0.212 e. The average molecular weight is 205 g/mol. The minimum Gasteiger partial charge on any atom is -0.250 e. The number of hydrogen-bond donors (Lipinski definition) is 1. The van der Waals surface area contributed by atoms with Crippen molar-refractivity contribution in [3.8, 4) is 0 Å². The highest BCUT2D eigenvalue weighted by atomic mass is 32.2. The van der Waals surface area contributed by atoms with E-state index in [1.165, 1.54) is 0 Å². The maximum absolute atomic E-state index is 11.5. The van der Waals surface area contributed by atoms with Crippen molar-refractivity contribution in [2.75, 3.05) is 5.48 Å². The Labute approximate surface area is 83.3 Å². The van der Waals surface area contributed by atoms with Crippen molar-refractivity contribution in [1.29, 1.82) is 0 Å². The Morgan fingerprint density at radius 1 is 1.14 bits per heavy atom. The van der Waals surface area contributed by atoms with E-state index in [4.69, 9.17) is 4.28 Å². The molecule has 1 unspecified atom stereocenters. The van der Waals surface area contributed by atoms with Crippen LogP contribution in [-0.2, 0) is 15.4 Å². The lowest BCUT2D eigenvalue weighted by Gasteiger charge is -2.16. The van der Waals surface area contributed by atoms with E-state index in [0.29, 0.717) is 0 Å². The third-order valence-electron chi connectivity index (χ3n) is 2.27. The van der Waals surface area contributed by atoms with Crippen LogP contribution in [0.15, 0.2) is 41.3 Å². The van der Waals surface area contributed by atoms with Crippen molar-refractivity contribution in [2.45, 2.75) is 4.90 Å². The molecular formula is C10H7NO2S. The van der Waals surface area contributed by atoms with Crippen LogP contribution in [-0.4, -0.2) is 4.21 Å². The van der Waals surface area contributed by atoms with Gasteiger partial charge in [-0.3, -0.25) is 5.48 Å². The molecule has 0 aromatic heterocycles. The average Bonchev–Trinajstić information content (AvgIpc) is 2.24. The summed E-state index contributed by atoms with van der Waals surface area (Å²) in [6.07, 6.45) is 0. The number of rotatable bonds is 0. The molecule has 1 aliphatic heterocycles. The van der Waals surface area contributed by atoms with Crippen LogP contribution in [0.25, 0.3) is 10.8 Å². The summed E-state index contributed by atoms with van der Waals surface area (Å²) in [5.74, 6) is 0. The first-order chi connectivity index (χ1) is 6.86. The molecule has 0 radical (unpaired) electrons. The molecule has 0 aliphatic carbocycles. The summed E-state index contributed by atoms with van der Waals surface area (Å²) in [4.78, 5) is 0.733. The van der Waals surface area contributed by atoms with Gasteiger partial charge in [-0.2, -0.15) is 4.28 Å². The molecule has 3 rings (SSSR count). The molecule has 0 saturated carbocycles. The van der Waals surface area contributed by atoms with Crippen LogP contribution in [0.4, 0.5) is 5.69 Å². The summed E-state index contributed by atoms with van der Waals surface area (Å²) in [7, 11) is 0. The van der Waals surface area contributed by atoms with Gasteiger partial charge in [-0.05, 0) is 17.5 Å². The summed E-state index contributed by atoms with van der Waals surface area (Å²) in [5.41, 5.74) is 3.55. The number of nitrogens with one attached hydrogen (secondary N) is 1. The van der Waals surface area contributed by atoms with Crippen molar-refractivity contribution in [1.82, 2.24) is 0 Å². The minimum absolute atomic E-state index is 0.733. The van der Waals surface area contributed by atoms with Gasteiger partial charge in [0.15, 0.2) is 0 Å². The quantitative estimate of drug-likeness (QED) is 0.716. The molecule has 70 valence electrons. The number of anilines is 1. The van der Waals surface area contributed by atoms with Crippen LogP contribution >= 0.6 is 0 Å². The summed E-state index contributed by atoms with van der Waals surface area (Å²) in [5, 5.41) is 2.06. The van der Waals surface area contributed by atoms with Gasteiger partial charge in [0, 0.05) is 5.39 Å². The monoisotopic (exact) mass is 205 g/mol. The maximum atomic E-state index is 11.5. The summed E-state index contributed by atoms with van der Waals surface area (Å²) in [6.45, 7) is 0. The second kappa shape index (κ2) is 2.80. The lowest BCUT2D eigenvalue weighted by molar-refractivity contribution is 0.433. The second-order valence-corrected chi connectivity index (χ2v) is 4.16. The Morgan fingerprint density at radius 2 is 1.93 bits per heavy atom. The molecule has 4 heteroatoms. The highest BCUT2D eigenvalue weighted by Crippen LogP contribution is 2.32. The van der Waals surface area contributed by atoms with Gasteiger partial charge in [0.05, 0.1) is 10.6 Å². The first-order valence-corrected chi connectivity index (χ1v) is 5.30. The van der Waals surface area contributed by atoms with Gasteiger partial charge in [-0.1, -0.05) is 24.3 Å². The van der Waals surface area contributed by atoms with Gasteiger partial charge in [0.2, 0.25) is 11.1 Å². The highest BCUT2D eigenvalue weighted by molar-refractivity contribution is 7.80. The standard InChI is InChI=1S/C10H7NO2S/c12-14-9-6-2-4-7-3-1-5-8(10(7)9)11-13-14/h1-6,11H. The minimum atomic E-state index is -1.40. The molecule has 0 saturated heterocycles. The van der Waals surface area contributed by atoms with Gasteiger partial charge >= 0.3 is 0 Å². The van der Waals surface area contributed by atoms with Crippen LogP contribution in [0.5, 0.6) is 0 Å². The smallest absolute Gasteiger partial charge is 0.212 e. The Bertz CT molecular complexity index is 533. The fourth-order valence-corrected chi connectivity index (χ4v) is 2.50. The molecule has 1 N–H and O–H groups in total. The summed E-state index contributed by atoms with van der Waals surface area (Å²) >= 11 is -1.40. The predicted octanol–water partition coefficient (Wildman–Crippen LogP) is 2.22. The molecule has 1 heterocycles. The zero-order valence-corrected chi connectivity index (χ0v) is 8.01. The van der Waals surface area contributed by atoms with Crippen molar-refractivity contribution >= 4 is 27.5 Å². The molecule has 14 heavy (non-hydrogen) atoms. The molecule has 3 nitrogen and oxygen atoms in total. The summed E-state index contributed by atoms with van der Waals surface area (Å²) < 4.78 is 16.4. The molecule has 2 aromatic rings. The Hall–Kier alpha value is -1.39. The van der Waals surface area contributed by atoms with Crippen LogP contribution in [0.1, 0.15) is 0 Å². The van der Waals surface area contributed by atoms with Gasteiger partial charge < -0.3 is 0 Å². The highest BCUT2D eigenvalue weighted by Gasteiger charge is 2.17. The summed E-state index contributed by atoms with van der Waals surface area (Å²) in [6, 6.07) is 11.5. The van der Waals surface area contributed by atoms with E-state index in [1.54, 1.807) is 0 Å². The lowest BCUT2D eigenvalue weighted by Crippen LogP contribution is -2.11. The first kappa shape index (κ1) is 7.96. The van der Waals surface area contributed by atoms with E-state index < -0.39 is 11.1 Å². The Balaban J connectivity index is 2.52. The van der Waals surface area contributed by atoms with Gasteiger partial charge in [-0.25, -0.2) is 4.21 Å². The van der Waals surface area contributed by atoms with Crippen LogP contribution in [0.3, 0.4) is 0 Å². The second-order valence-electron chi connectivity index (χ2n) is 3.08. The fraction of sp³-hybridized carbons (Fsp3) is 0. The zero-order valence-electron chi connectivity index (χ0n) is 7.19. The molecule has 0 spiro atoms. The van der Waals surface area contributed by atoms with E-state index >= 15 is 0 Å². The van der Waals surface area contributed by atoms with E-state index in [0.717, 1.165) is 21.4 Å². The van der Waals surface area contributed by atoms with Crippen molar-refractivity contribution < 1.29 is 8.49 Å².